The number of para-hydroxylation sites is 1. The molecule has 0 saturated heterocycles. The molecule has 2 amide bonds. The van der Waals surface area contributed by atoms with Crippen LogP contribution >= 0.6 is 0 Å². The van der Waals surface area contributed by atoms with Crippen molar-refractivity contribution in [1.29, 1.82) is 0 Å². The van der Waals surface area contributed by atoms with Gasteiger partial charge in [0.25, 0.3) is 5.91 Å². The first kappa shape index (κ1) is 24.9. The standard InChI is InChI=1S/C31H27N3O4/c1-2-25(21-9-4-3-5-10-21)33-31(37)29(22-11-8-16-32-19-22)34-30(36)26(35)17-20-14-15-24-23-12-6-7-13-27(23)38-28(24)18-20/h3-16,18-19,25,29H,2,17H2,1H3,(H,33,37)(H,34,36)/t25-,29+/m0/s1. The van der Waals surface area contributed by atoms with Gasteiger partial charge in [-0.15, -0.1) is 0 Å². The number of carbonyl (C=O) groups excluding carboxylic acids is 3. The number of nitrogens with zero attached hydrogens (tertiary/aromatic N) is 1. The number of nitrogens with one attached hydrogen (secondary N) is 2. The zero-order valence-corrected chi connectivity index (χ0v) is 20.9. The van der Waals surface area contributed by atoms with Gasteiger partial charge in [-0.1, -0.05) is 73.7 Å². The molecule has 5 rings (SSSR count). The van der Waals surface area contributed by atoms with Crippen LogP contribution in [0, 0.1) is 0 Å². The number of rotatable bonds is 9. The number of Topliss-reactive ketones (excluding diaryl/α,β-unsaturated/α-hetero) is 1. The molecule has 2 aromatic heterocycles. The van der Waals surface area contributed by atoms with Gasteiger partial charge in [-0.05, 0) is 35.7 Å². The molecular weight excluding hydrogens is 478 g/mol. The number of pyridine rings is 1. The molecule has 0 saturated carbocycles. The zero-order chi connectivity index (χ0) is 26.5. The van der Waals surface area contributed by atoms with E-state index in [0.717, 1.165) is 21.9 Å². The van der Waals surface area contributed by atoms with Gasteiger partial charge < -0.3 is 15.1 Å². The third kappa shape index (κ3) is 5.32. The third-order valence-electron chi connectivity index (χ3n) is 6.54. The van der Waals surface area contributed by atoms with Crippen LogP contribution in [0.1, 0.15) is 42.1 Å². The molecule has 0 aliphatic carbocycles. The fourth-order valence-corrected chi connectivity index (χ4v) is 4.57. The summed E-state index contributed by atoms with van der Waals surface area (Å²) in [4.78, 5) is 43.3. The Hall–Kier alpha value is -4.78. The van der Waals surface area contributed by atoms with Gasteiger partial charge in [0, 0.05) is 35.2 Å². The number of amides is 2. The highest BCUT2D eigenvalue weighted by Crippen LogP contribution is 2.29. The van der Waals surface area contributed by atoms with E-state index in [9.17, 15) is 14.4 Å². The van der Waals surface area contributed by atoms with Gasteiger partial charge in [0.2, 0.25) is 11.7 Å². The lowest BCUT2D eigenvalue weighted by Gasteiger charge is -2.23. The van der Waals surface area contributed by atoms with Gasteiger partial charge in [0.15, 0.2) is 0 Å². The van der Waals surface area contributed by atoms with Crippen molar-refractivity contribution < 1.29 is 18.8 Å². The maximum absolute atomic E-state index is 13.4. The Balaban J connectivity index is 1.32. The van der Waals surface area contributed by atoms with E-state index in [1.165, 1.54) is 6.20 Å². The molecule has 0 radical (unpaired) electrons. The van der Waals surface area contributed by atoms with Crippen LogP contribution < -0.4 is 10.6 Å². The summed E-state index contributed by atoms with van der Waals surface area (Å²) in [6, 6.07) is 24.8. The highest BCUT2D eigenvalue weighted by atomic mass is 16.3. The van der Waals surface area contributed by atoms with Crippen molar-refractivity contribution in [3.63, 3.8) is 0 Å². The monoisotopic (exact) mass is 505 g/mol. The zero-order valence-electron chi connectivity index (χ0n) is 20.9. The lowest BCUT2D eigenvalue weighted by molar-refractivity contribution is -0.139. The minimum Gasteiger partial charge on any atom is -0.456 e. The highest BCUT2D eigenvalue weighted by Gasteiger charge is 2.28. The van der Waals surface area contributed by atoms with E-state index in [4.69, 9.17) is 4.42 Å². The summed E-state index contributed by atoms with van der Waals surface area (Å²) < 4.78 is 5.90. The topological polar surface area (TPSA) is 101 Å². The number of carbonyl (C=O) groups is 3. The van der Waals surface area contributed by atoms with Gasteiger partial charge in [0.05, 0.1) is 6.04 Å². The molecule has 0 aliphatic rings. The normalized spacial score (nSPS) is 12.7. The predicted molar refractivity (Wildman–Crippen MR) is 145 cm³/mol. The van der Waals surface area contributed by atoms with Gasteiger partial charge in [-0.2, -0.15) is 0 Å². The molecule has 3 aromatic carbocycles. The lowest BCUT2D eigenvalue weighted by Crippen LogP contribution is -2.44. The van der Waals surface area contributed by atoms with Crippen molar-refractivity contribution in [2.24, 2.45) is 0 Å². The first-order valence-electron chi connectivity index (χ1n) is 12.5. The number of furan rings is 1. The van der Waals surface area contributed by atoms with E-state index in [1.54, 1.807) is 24.4 Å². The van der Waals surface area contributed by atoms with Crippen molar-refractivity contribution in [2.45, 2.75) is 31.8 Å². The largest absolute Gasteiger partial charge is 0.456 e. The molecule has 38 heavy (non-hydrogen) atoms. The summed E-state index contributed by atoms with van der Waals surface area (Å²) in [6.07, 6.45) is 3.63. The third-order valence-corrected chi connectivity index (χ3v) is 6.54. The fourth-order valence-electron chi connectivity index (χ4n) is 4.57. The molecule has 2 heterocycles. The fraction of sp³-hybridized carbons (Fsp3) is 0.161. The van der Waals surface area contributed by atoms with E-state index in [-0.39, 0.29) is 12.5 Å². The van der Waals surface area contributed by atoms with Crippen molar-refractivity contribution in [1.82, 2.24) is 15.6 Å². The highest BCUT2D eigenvalue weighted by molar-refractivity contribution is 6.37. The molecule has 190 valence electrons. The molecule has 0 spiro atoms. The summed E-state index contributed by atoms with van der Waals surface area (Å²) >= 11 is 0. The summed E-state index contributed by atoms with van der Waals surface area (Å²) in [5.74, 6) is -1.91. The summed E-state index contributed by atoms with van der Waals surface area (Å²) in [7, 11) is 0. The minimum absolute atomic E-state index is 0.123. The molecule has 5 aromatic rings. The second kappa shape index (κ2) is 11.1. The van der Waals surface area contributed by atoms with E-state index >= 15 is 0 Å². The van der Waals surface area contributed by atoms with Crippen molar-refractivity contribution >= 4 is 39.5 Å². The minimum atomic E-state index is -1.07. The Morgan fingerprint density at radius 3 is 2.32 bits per heavy atom. The smallest absolute Gasteiger partial charge is 0.288 e. The summed E-state index contributed by atoms with van der Waals surface area (Å²) in [6.45, 7) is 1.97. The molecule has 2 N–H and O–H groups in total. The molecule has 0 aliphatic heterocycles. The number of hydrogen-bond acceptors (Lipinski definition) is 5. The van der Waals surface area contributed by atoms with Crippen LogP contribution in [0.5, 0.6) is 0 Å². The number of benzene rings is 3. The number of ketones is 1. The SMILES string of the molecule is CC[C@H](NC(=O)[C@H](NC(=O)C(=O)Cc1ccc2c(c1)oc1ccccc12)c1cccnc1)c1ccccc1. The number of aromatic nitrogens is 1. The average Bonchev–Trinajstić information content (AvgIpc) is 3.33. The summed E-state index contributed by atoms with van der Waals surface area (Å²) in [5.41, 5.74) is 3.50. The van der Waals surface area contributed by atoms with E-state index in [1.807, 2.05) is 73.7 Å². The van der Waals surface area contributed by atoms with Gasteiger partial charge in [-0.25, -0.2) is 0 Å². The first-order valence-corrected chi connectivity index (χ1v) is 12.5. The Labute approximate surface area is 219 Å². The molecule has 2 atom stereocenters. The average molecular weight is 506 g/mol. The Kier molecular flexibility index (Phi) is 7.26. The quantitative estimate of drug-likeness (QED) is 0.268. The lowest BCUT2D eigenvalue weighted by atomic mass is 10.0. The van der Waals surface area contributed by atoms with Crippen LogP contribution in [0.3, 0.4) is 0 Å². The Bertz CT molecular complexity index is 1600. The maximum atomic E-state index is 13.4. The second-order valence-electron chi connectivity index (χ2n) is 9.10. The molecule has 7 heteroatoms. The van der Waals surface area contributed by atoms with Gasteiger partial charge >= 0.3 is 0 Å². The van der Waals surface area contributed by atoms with Gasteiger partial charge in [0.1, 0.15) is 17.2 Å². The van der Waals surface area contributed by atoms with E-state index in [2.05, 4.69) is 15.6 Å². The van der Waals surface area contributed by atoms with Crippen LogP contribution in [0.15, 0.2) is 102 Å². The van der Waals surface area contributed by atoms with Crippen LogP contribution in [-0.2, 0) is 20.8 Å². The van der Waals surface area contributed by atoms with Crippen LogP contribution in [-0.4, -0.2) is 22.6 Å². The van der Waals surface area contributed by atoms with Crippen molar-refractivity contribution in [3.05, 3.63) is 114 Å². The van der Waals surface area contributed by atoms with Crippen LogP contribution in [0.4, 0.5) is 0 Å². The molecule has 0 fully saturated rings. The predicted octanol–water partition coefficient (Wildman–Crippen LogP) is 5.22. The second-order valence-corrected chi connectivity index (χ2v) is 9.10. The van der Waals surface area contributed by atoms with Crippen molar-refractivity contribution in [2.75, 3.05) is 0 Å². The van der Waals surface area contributed by atoms with E-state index < -0.39 is 23.6 Å². The first-order chi connectivity index (χ1) is 18.5. The van der Waals surface area contributed by atoms with Crippen LogP contribution in [0.25, 0.3) is 21.9 Å². The Morgan fingerprint density at radius 1 is 0.816 bits per heavy atom. The molecule has 7 nitrogen and oxygen atoms in total. The summed E-state index contributed by atoms with van der Waals surface area (Å²) in [5, 5.41) is 7.57. The van der Waals surface area contributed by atoms with Gasteiger partial charge in [-0.3, -0.25) is 19.4 Å². The molecular formula is C31H27N3O4. The Morgan fingerprint density at radius 2 is 1.55 bits per heavy atom. The number of hydrogen-bond donors (Lipinski definition) is 2. The number of fused-ring (bicyclic) bond motifs is 3. The van der Waals surface area contributed by atoms with E-state index in [0.29, 0.717) is 23.1 Å². The molecule has 0 bridgehead atoms. The van der Waals surface area contributed by atoms with Crippen LogP contribution in [0.2, 0.25) is 0 Å². The van der Waals surface area contributed by atoms with Crippen molar-refractivity contribution in [3.8, 4) is 0 Å². The molecule has 0 unspecified atom stereocenters. The maximum Gasteiger partial charge on any atom is 0.288 e.